The van der Waals surface area contributed by atoms with Gasteiger partial charge >= 0.3 is 0 Å². The Balaban J connectivity index is 2.27. The van der Waals surface area contributed by atoms with Crippen LogP contribution in [0.1, 0.15) is 44.7 Å². The van der Waals surface area contributed by atoms with Gasteiger partial charge in [0.05, 0.1) is 11.0 Å². The van der Waals surface area contributed by atoms with Crippen molar-refractivity contribution in [3.05, 3.63) is 78.4 Å². The molecule has 2 heterocycles. The van der Waals surface area contributed by atoms with Crippen molar-refractivity contribution in [2.75, 3.05) is 0 Å². The van der Waals surface area contributed by atoms with E-state index in [1.807, 2.05) is 0 Å². The maximum absolute atomic E-state index is 4.33. The Hall–Kier alpha value is -2.41. The molecule has 0 amide bonds. The quantitative estimate of drug-likeness (QED) is 0.401. The first kappa shape index (κ1) is 17.0. The molecule has 0 N–H and O–H groups in total. The van der Waals surface area contributed by atoms with E-state index in [1.54, 1.807) is 0 Å². The lowest BCUT2D eigenvalue weighted by molar-refractivity contribution is -0.741. The van der Waals surface area contributed by atoms with Gasteiger partial charge in [0.2, 0.25) is 11.2 Å². The summed E-state index contributed by atoms with van der Waals surface area (Å²) in [4.78, 5) is 0. The summed E-state index contributed by atoms with van der Waals surface area (Å²) in [6.07, 6.45) is 4.29. The van der Waals surface area contributed by atoms with Gasteiger partial charge in [-0.1, -0.05) is 50.3 Å². The van der Waals surface area contributed by atoms with Crippen LogP contribution in [0.4, 0.5) is 0 Å². The van der Waals surface area contributed by atoms with Crippen molar-refractivity contribution >= 4 is 10.9 Å². The second kappa shape index (κ2) is 5.81. The Morgan fingerprint density at radius 2 is 1.69 bits per heavy atom. The summed E-state index contributed by atoms with van der Waals surface area (Å²) in [5, 5.41) is 1.34. The molecule has 0 aliphatic carbocycles. The van der Waals surface area contributed by atoms with Crippen LogP contribution in [-0.2, 0) is 11.0 Å². The summed E-state index contributed by atoms with van der Waals surface area (Å²) in [6, 6.07) is 20.1. The van der Waals surface area contributed by atoms with Crippen LogP contribution in [0, 0.1) is 6.92 Å². The number of hydrogen-bond acceptors (Lipinski definition) is 0. The smallest absolute Gasteiger partial charge is 0.185 e. The number of nitrogens with zero attached hydrogens (tertiary/aromatic N) is 1. The lowest BCUT2D eigenvalue weighted by atomic mass is 9.59. The number of rotatable bonds is 3. The Kier molecular flexibility index (Phi) is 3.80. The third kappa shape index (κ3) is 1.89. The summed E-state index contributed by atoms with van der Waals surface area (Å²) in [5.41, 5.74) is 6.58. The number of para-hydroxylation sites is 1. The van der Waals surface area contributed by atoms with E-state index in [1.165, 1.54) is 33.3 Å². The molecule has 1 heteroatoms. The van der Waals surface area contributed by atoms with E-state index < -0.39 is 0 Å². The van der Waals surface area contributed by atoms with Crippen LogP contribution in [0.25, 0.3) is 22.2 Å². The van der Waals surface area contributed by atoms with Crippen molar-refractivity contribution in [1.29, 1.82) is 0 Å². The van der Waals surface area contributed by atoms with E-state index in [2.05, 4.69) is 99.5 Å². The first-order chi connectivity index (χ1) is 12.5. The average Bonchev–Trinajstić information content (AvgIpc) is 2.69. The second-order valence-electron chi connectivity index (χ2n) is 7.77. The first-order valence-electron chi connectivity index (χ1n) is 9.72. The van der Waals surface area contributed by atoms with Gasteiger partial charge in [-0.3, -0.25) is 0 Å². The van der Waals surface area contributed by atoms with Crippen LogP contribution < -0.4 is 4.57 Å². The van der Waals surface area contributed by atoms with Gasteiger partial charge in [0, 0.05) is 30.9 Å². The fourth-order valence-electron chi connectivity index (χ4n) is 5.31. The first-order valence-corrected chi connectivity index (χ1v) is 9.72. The zero-order valence-electron chi connectivity index (χ0n) is 16.3. The summed E-state index contributed by atoms with van der Waals surface area (Å²) < 4.78 is 2.60. The number of pyridine rings is 1. The van der Waals surface area contributed by atoms with Crippen molar-refractivity contribution in [2.24, 2.45) is 0 Å². The molecule has 3 aromatic rings. The minimum atomic E-state index is -0.0892. The zero-order chi connectivity index (χ0) is 18.5. The fraction of sp³-hybridized carbons (Fsp3) is 0.320. The number of benzene rings is 2. The monoisotopic (exact) mass is 342 g/mol. The molecule has 2 atom stereocenters. The highest BCUT2D eigenvalue weighted by molar-refractivity contribution is 5.82. The van der Waals surface area contributed by atoms with E-state index in [-0.39, 0.29) is 11.0 Å². The number of aryl methyl sites for hydroxylation is 1. The molecule has 1 aliphatic rings. The summed E-state index contributed by atoms with van der Waals surface area (Å²) >= 11 is 0. The zero-order valence-corrected chi connectivity index (χ0v) is 16.3. The lowest BCUT2D eigenvalue weighted by Crippen LogP contribution is -2.68. The van der Waals surface area contributed by atoms with E-state index in [4.69, 9.17) is 0 Å². The molecule has 4 rings (SSSR count). The maximum atomic E-state index is 4.33. The molecular weight excluding hydrogens is 314 g/mol. The van der Waals surface area contributed by atoms with Crippen LogP contribution in [0.2, 0.25) is 0 Å². The number of hydrogen-bond donors (Lipinski definition) is 0. The van der Waals surface area contributed by atoms with Crippen molar-refractivity contribution in [2.45, 2.75) is 51.5 Å². The summed E-state index contributed by atoms with van der Waals surface area (Å²) in [6.45, 7) is 13.6. The van der Waals surface area contributed by atoms with E-state index >= 15 is 0 Å². The van der Waals surface area contributed by atoms with E-state index in [9.17, 15) is 0 Å². The highest BCUT2D eigenvalue weighted by atomic mass is 15.1. The third-order valence-corrected chi connectivity index (χ3v) is 6.90. The van der Waals surface area contributed by atoms with Crippen LogP contribution in [0.15, 0.2) is 67.3 Å². The predicted octanol–water partition coefficient (Wildman–Crippen LogP) is 6.08. The van der Waals surface area contributed by atoms with Gasteiger partial charge in [-0.15, -0.1) is 6.58 Å². The molecule has 0 fully saturated rings. The van der Waals surface area contributed by atoms with Crippen LogP contribution in [0.5, 0.6) is 0 Å². The Morgan fingerprint density at radius 1 is 1.00 bits per heavy atom. The van der Waals surface area contributed by atoms with Crippen molar-refractivity contribution in [1.82, 2.24) is 0 Å². The fourth-order valence-corrected chi connectivity index (χ4v) is 5.31. The molecule has 1 aliphatic heterocycles. The van der Waals surface area contributed by atoms with Gasteiger partial charge in [0.25, 0.3) is 0 Å². The van der Waals surface area contributed by atoms with Crippen LogP contribution >= 0.6 is 0 Å². The molecule has 0 spiro atoms. The number of allylic oxidation sites excluding steroid dienone is 1. The molecule has 132 valence electrons. The van der Waals surface area contributed by atoms with Crippen molar-refractivity contribution in [3.63, 3.8) is 0 Å². The lowest BCUT2D eigenvalue weighted by Gasteiger charge is -2.47. The molecule has 2 aromatic carbocycles. The predicted molar refractivity (Wildman–Crippen MR) is 110 cm³/mol. The second-order valence-corrected chi connectivity index (χ2v) is 7.77. The molecular formula is C25H28N+. The topological polar surface area (TPSA) is 3.88 Å². The van der Waals surface area contributed by atoms with Crippen molar-refractivity contribution in [3.8, 4) is 11.3 Å². The minimum Gasteiger partial charge on any atom is -0.185 e. The highest BCUT2D eigenvalue weighted by Gasteiger charge is 2.58. The Bertz CT molecular complexity index is 1020. The molecule has 0 radical (unpaired) electrons. The summed E-state index contributed by atoms with van der Waals surface area (Å²) in [7, 11) is 0. The van der Waals surface area contributed by atoms with Crippen LogP contribution in [0.3, 0.4) is 0 Å². The SMILES string of the molecule is C=CC1(CC)c2ccccc2-c2cc(C)c3ccccc3[n+]2C1(C)CC. The Labute approximate surface area is 157 Å². The standard InChI is InChI=1S/C25H28N/c1-6-24(5)25(7-2,8-3)21-15-11-9-14-20(21)23-17-18(4)19-13-10-12-16-22(19)26(23)24/h7,9-17H,2,6,8H2,1,3-5H3/q+1. The van der Waals surface area contributed by atoms with E-state index in [0.29, 0.717) is 0 Å². The molecule has 0 saturated carbocycles. The average molecular weight is 343 g/mol. The molecule has 1 nitrogen and oxygen atoms in total. The normalized spacial score (nSPS) is 24.2. The Morgan fingerprint density at radius 3 is 2.38 bits per heavy atom. The maximum Gasteiger partial charge on any atom is 0.214 e. The van der Waals surface area contributed by atoms with Gasteiger partial charge in [-0.05, 0) is 36.6 Å². The highest BCUT2D eigenvalue weighted by Crippen LogP contribution is 2.51. The van der Waals surface area contributed by atoms with Crippen molar-refractivity contribution < 1.29 is 4.57 Å². The summed E-state index contributed by atoms with van der Waals surface area (Å²) in [5.74, 6) is 0. The molecule has 1 aromatic heterocycles. The molecule has 2 unspecified atom stereocenters. The van der Waals surface area contributed by atoms with Gasteiger partial charge in [-0.25, -0.2) is 0 Å². The molecule has 26 heavy (non-hydrogen) atoms. The van der Waals surface area contributed by atoms with Gasteiger partial charge in [0.1, 0.15) is 0 Å². The van der Waals surface area contributed by atoms with Gasteiger partial charge < -0.3 is 0 Å². The third-order valence-electron chi connectivity index (χ3n) is 6.90. The number of aromatic nitrogens is 1. The van der Waals surface area contributed by atoms with E-state index in [0.717, 1.165) is 12.8 Å². The van der Waals surface area contributed by atoms with Crippen LogP contribution in [-0.4, -0.2) is 0 Å². The molecule has 0 saturated heterocycles. The molecule has 0 bridgehead atoms. The largest absolute Gasteiger partial charge is 0.214 e. The van der Waals surface area contributed by atoms with Gasteiger partial charge in [-0.2, -0.15) is 4.57 Å². The minimum absolute atomic E-state index is 0.0690. The number of fused-ring (bicyclic) bond motifs is 5. The van der Waals surface area contributed by atoms with Gasteiger partial charge in [0.15, 0.2) is 5.54 Å².